The van der Waals surface area contributed by atoms with Gasteiger partial charge in [-0.25, -0.2) is 0 Å². The summed E-state index contributed by atoms with van der Waals surface area (Å²) in [7, 11) is 1.61. The average Bonchev–Trinajstić information content (AvgIpc) is 2.56. The molecule has 0 saturated carbocycles. The Morgan fingerprint density at radius 3 is 2.38 bits per heavy atom. The molecule has 0 aliphatic carbocycles. The van der Waals surface area contributed by atoms with Gasteiger partial charge in [-0.2, -0.15) is 0 Å². The van der Waals surface area contributed by atoms with Crippen molar-refractivity contribution in [2.75, 3.05) is 7.11 Å². The van der Waals surface area contributed by atoms with E-state index in [2.05, 4.69) is 30.4 Å². The monoisotopic (exact) mass is 280 g/mol. The SMILES string of the molecule is COc1ccnc(-c2nnc(-c3cccnc3)nn2)c1C. The van der Waals surface area contributed by atoms with Crippen LogP contribution in [-0.4, -0.2) is 37.5 Å². The number of hydrogen-bond acceptors (Lipinski definition) is 7. The maximum absolute atomic E-state index is 5.26. The molecule has 0 saturated heterocycles. The predicted molar refractivity (Wildman–Crippen MR) is 75.4 cm³/mol. The summed E-state index contributed by atoms with van der Waals surface area (Å²) in [5.41, 5.74) is 2.21. The van der Waals surface area contributed by atoms with E-state index < -0.39 is 0 Å². The number of hydrogen-bond donors (Lipinski definition) is 0. The normalized spacial score (nSPS) is 10.4. The van der Waals surface area contributed by atoms with E-state index in [0.717, 1.165) is 16.9 Å². The molecule has 7 nitrogen and oxygen atoms in total. The van der Waals surface area contributed by atoms with Gasteiger partial charge in [-0.1, -0.05) is 0 Å². The Morgan fingerprint density at radius 2 is 1.71 bits per heavy atom. The Kier molecular flexibility index (Phi) is 3.46. The Bertz CT molecular complexity index is 745. The van der Waals surface area contributed by atoms with Crippen molar-refractivity contribution in [2.45, 2.75) is 6.92 Å². The summed E-state index contributed by atoms with van der Waals surface area (Å²) in [4.78, 5) is 8.28. The second kappa shape index (κ2) is 5.58. The van der Waals surface area contributed by atoms with E-state index in [0.29, 0.717) is 17.3 Å². The molecule has 0 N–H and O–H groups in total. The van der Waals surface area contributed by atoms with Crippen LogP contribution in [0.4, 0.5) is 0 Å². The minimum absolute atomic E-state index is 0.360. The molecular formula is C14H12N6O. The molecule has 3 aromatic heterocycles. The average molecular weight is 280 g/mol. The highest BCUT2D eigenvalue weighted by molar-refractivity contribution is 5.58. The van der Waals surface area contributed by atoms with Crippen LogP contribution in [0.3, 0.4) is 0 Å². The molecular weight excluding hydrogens is 268 g/mol. The smallest absolute Gasteiger partial charge is 0.222 e. The standard InChI is InChI=1S/C14H12N6O/c1-9-11(21-2)5-7-16-12(9)14-19-17-13(18-20-14)10-4-3-6-15-8-10/h3-8H,1-2H3. The molecule has 0 atom stereocenters. The highest BCUT2D eigenvalue weighted by Crippen LogP contribution is 2.24. The lowest BCUT2D eigenvalue weighted by atomic mass is 10.2. The highest BCUT2D eigenvalue weighted by atomic mass is 16.5. The number of nitrogens with zero attached hydrogens (tertiary/aromatic N) is 6. The fraction of sp³-hybridized carbons (Fsp3) is 0.143. The molecule has 0 fully saturated rings. The Labute approximate surface area is 121 Å². The van der Waals surface area contributed by atoms with Crippen molar-refractivity contribution in [1.29, 1.82) is 0 Å². The van der Waals surface area contributed by atoms with Crippen molar-refractivity contribution < 1.29 is 4.74 Å². The number of aromatic nitrogens is 6. The molecule has 3 heterocycles. The van der Waals surface area contributed by atoms with Crippen LogP contribution in [-0.2, 0) is 0 Å². The molecule has 3 aromatic rings. The van der Waals surface area contributed by atoms with E-state index in [-0.39, 0.29) is 0 Å². The second-order valence-corrected chi connectivity index (χ2v) is 4.28. The van der Waals surface area contributed by atoms with Crippen molar-refractivity contribution in [2.24, 2.45) is 0 Å². The molecule has 0 radical (unpaired) electrons. The third kappa shape index (κ3) is 2.53. The molecule has 0 unspecified atom stereocenters. The minimum Gasteiger partial charge on any atom is -0.496 e. The van der Waals surface area contributed by atoms with Gasteiger partial charge >= 0.3 is 0 Å². The van der Waals surface area contributed by atoms with E-state index in [4.69, 9.17) is 4.74 Å². The Hall–Kier alpha value is -2.96. The number of pyridine rings is 2. The van der Waals surface area contributed by atoms with Crippen molar-refractivity contribution in [3.05, 3.63) is 42.4 Å². The number of methoxy groups -OCH3 is 1. The van der Waals surface area contributed by atoms with Gasteiger partial charge in [0.2, 0.25) is 11.6 Å². The quantitative estimate of drug-likeness (QED) is 0.721. The van der Waals surface area contributed by atoms with Gasteiger partial charge in [-0.05, 0) is 25.1 Å². The van der Waals surface area contributed by atoms with Crippen molar-refractivity contribution >= 4 is 0 Å². The molecule has 7 heteroatoms. The van der Waals surface area contributed by atoms with Crippen molar-refractivity contribution in [1.82, 2.24) is 30.4 Å². The van der Waals surface area contributed by atoms with Crippen LogP contribution >= 0.6 is 0 Å². The van der Waals surface area contributed by atoms with Crippen LogP contribution in [0.5, 0.6) is 5.75 Å². The van der Waals surface area contributed by atoms with Crippen LogP contribution < -0.4 is 4.74 Å². The van der Waals surface area contributed by atoms with E-state index in [1.54, 1.807) is 37.8 Å². The Morgan fingerprint density at radius 1 is 0.952 bits per heavy atom. The topological polar surface area (TPSA) is 86.6 Å². The van der Waals surface area contributed by atoms with E-state index in [1.165, 1.54) is 0 Å². The fourth-order valence-corrected chi connectivity index (χ4v) is 1.90. The summed E-state index contributed by atoms with van der Waals surface area (Å²) in [6.07, 6.45) is 4.98. The molecule has 0 aliphatic heterocycles. The summed E-state index contributed by atoms with van der Waals surface area (Å²) < 4.78 is 5.26. The first-order valence-electron chi connectivity index (χ1n) is 6.27. The molecule has 0 amide bonds. The molecule has 0 aromatic carbocycles. The zero-order valence-electron chi connectivity index (χ0n) is 11.6. The number of ether oxygens (including phenoxy) is 1. The van der Waals surface area contributed by atoms with Gasteiger partial charge in [0.15, 0.2) is 0 Å². The van der Waals surface area contributed by atoms with Crippen LogP contribution in [0.1, 0.15) is 5.56 Å². The summed E-state index contributed by atoms with van der Waals surface area (Å²) in [6, 6.07) is 5.43. The van der Waals surface area contributed by atoms with Gasteiger partial charge in [-0.15, -0.1) is 20.4 Å². The summed E-state index contributed by atoms with van der Waals surface area (Å²) >= 11 is 0. The molecule has 104 valence electrons. The third-order valence-corrected chi connectivity index (χ3v) is 2.98. The number of rotatable bonds is 3. The second-order valence-electron chi connectivity index (χ2n) is 4.28. The molecule has 3 rings (SSSR count). The molecule has 0 spiro atoms. The molecule has 21 heavy (non-hydrogen) atoms. The summed E-state index contributed by atoms with van der Waals surface area (Å²) in [6.45, 7) is 1.89. The predicted octanol–water partition coefficient (Wildman–Crippen LogP) is 1.71. The van der Waals surface area contributed by atoms with Gasteiger partial charge in [0.1, 0.15) is 11.4 Å². The lowest BCUT2D eigenvalue weighted by Gasteiger charge is -2.07. The lowest BCUT2D eigenvalue weighted by Crippen LogP contribution is -2.02. The van der Waals surface area contributed by atoms with Gasteiger partial charge in [-0.3, -0.25) is 9.97 Å². The van der Waals surface area contributed by atoms with Gasteiger partial charge in [0.05, 0.1) is 7.11 Å². The van der Waals surface area contributed by atoms with Crippen LogP contribution in [0.15, 0.2) is 36.8 Å². The van der Waals surface area contributed by atoms with Crippen LogP contribution in [0.2, 0.25) is 0 Å². The van der Waals surface area contributed by atoms with Gasteiger partial charge in [0.25, 0.3) is 0 Å². The van der Waals surface area contributed by atoms with E-state index >= 15 is 0 Å². The van der Waals surface area contributed by atoms with E-state index in [1.807, 2.05) is 13.0 Å². The zero-order chi connectivity index (χ0) is 14.7. The van der Waals surface area contributed by atoms with E-state index in [9.17, 15) is 0 Å². The van der Waals surface area contributed by atoms with Crippen molar-refractivity contribution in [3.63, 3.8) is 0 Å². The first-order chi connectivity index (χ1) is 10.3. The van der Waals surface area contributed by atoms with Crippen LogP contribution in [0.25, 0.3) is 22.9 Å². The van der Waals surface area contributed by atoms with Crippen LogP contribution in [0, 0.1) is 6.92 Å². The molecule has 0 bridgehead atoms. The minimum atomic E-state index is 0.360. The zero-order valence-corrected chi connectivity index (χ0v) is 11.6. The Balaban J connectivity index is 1.99. The first kappa shape index (κ1) is 13.0. The third-order valence-electron chi connectivity index (χ3n) is 2.98. The largest absolute Gasteiger partial charge is 0.496 e. The lowest BCUT2D eigenvalue weighted by molar-refractivity contribution is 0.411. The van der Waals surface area contributed by atoms with Gasteiger partial charge in [0, 0.05) is 29.7 Å². The summed E-state index contributed by atoms with van der Waals surface area (Å²) in [5, 5.41) is 16.3. The maximum Gasteiger partial charge on any atom is 0.222 e. The van der Waals surface area contributed by atoms with Crippen molar-refractivity contribution in [3.8, 4) is 28.7 Å². The first-order valence-corrected chi connectivity index (χ1v) is 6.27. The molecule has 0 aliphatic rings. The summed E-state index contributed by atoms with van der Waals surface area (Å²) in [5.74, 6) is 1.51. The maximum atomic E-state index is 5.26. The highest BCUT2D eigenvalue weighted by Gasteiger charge is 2.12. The van der Waals surface area contributed by atoms with Gasteiger partial charge < -0.3 is 4.74 Å². The fourth-order valence-electron chi connectivity index (χ4n) is 1.90.